The van der Waals surface area contributed by atoms with Crippen LogP contribution in [0.4, 0.5) is 5.82 Å². The van der Waals surface area contributed by atoms with Crippen LogP contribution in [0.2, 0.25) is 0 Å². The number of aromatic nitrogens is 2. The lowest BCUT2D eigenvalue weighted by atomic mass is 9.97. The number of nitrogens with one attached hydrogen (secondary N) is 1. The molecule has 154 valence electrons. The Balaban J connectivity index is 1.31. The third-order valence-electron chi connectivity index (χ3n) is 5.31. The fourth-order valence-electron chi connectivity index (χ4n) is 3.72. The number of ether oxygens (including phenoxy) is 1. The van der Waals surface area contributed by atoms with Crippen LogP contribution in [0, 0.1) is 5.92 Å². The van der Waals surface area contributed by atoms with Crippen molar-refractivity contribution in [3.05, 3.63) is 40.9 Å². The van der Waals surface area contributed by atoms with E-state index in [0.717, 1.165) is 59.0 Å². The average Bonchev–Trinajstić information content (AvgIpc) is 3.28. The predicted molar refractivity (Wildman–Crippen MR) is 117 cm³/mol. The van der Waals surface area contributed by atoms with Gasteiger partial charge in [0.15, 0.2) is 5.82 Å². The summed E-state index contributed by atoms with van der Waals surface area (Å²) in [5.74, 6) is 0.950. The van der Waals surface area contributed by atoms with E-state index < -0.39 is 0 Å². The Morgan fingerprint density at radius 2 is 2.03 bits per heavy atom. The summed E-state index contributed by atoms with van der Waals surface area (Å²) in [6.07, 6.45) is 4.21. The van der Waals surface area contributed by atoms with E-state index in [1.165, 1.54) is 0 Å². The second-order valence-corrected chi connectivity index (χ2v) is 9.46. The van der Waals surface area contributed by atoms with Gasteiger partial charge < -0.3 is 15.0 Å². The normalized spacial score (nSPS) is 21.9. The van der Waals surface area contributed by atoms with Crippen LogP contribution in [0.5, 0.6) is 0 Å². The summed E-state index contributed by atoms with van der Waals surface area (Å²) in [6, 6.07) is 12.1. The van der Waals surface area contributed by atoms with Gasteiger partial charge in [-0.05, 0) is 62.1 Å². The zero-order valence-corrected chi connectivity index (χ0v) is 18.6. The Morgan fingerprint density at radius 3 is 2.76 bits per heavy atom. The summed E-state index contributed by atoms with van der Waals surface area (Å²) < 4.78 is 6.65. The number of carbonyl (C=O) groups is 1. The molecule has 2 aliphatic rings. The zero-order chi connectivity index (χ0) is 20.1. The quantitative estimate of drug-likeness (QED) is 0.681. The third kappa shape index (κ3) is 5.71. The standard InChI is InChI=1S/C21H25BrN4O2S/c22-16-5-7-18(8-6-16)29-20-10-9-19(24-25-20)26-11-1-3-15(14-26)21(27)23-13-17-4-2-12-28-17/h5-10,15,17H,1-4,11-14H2,(H,23,27)/t15-,17-/m1/s1. The molecule has 1 amide bonds. The molecule has 0 saturated carbocycles. The molecule has 1 aromatic heterocycles. The first kappa shape index (κ1) is 20.6. The van der Waals surface area contributed by atoms with Gasteiger partial charge in [-0.2, -0.15) is 0 Å². The predicted octanol–water partition coefficient (Wildman–Crippen LogP) is 3.90. The van der Waals surface area contributed by atoms with Gasteiger partial charge in [0.2, 0.25) is 5.91 Å². The molecule has 0 spiro atoms. The monoisotopic (exact) mass is 476 g/mol. The minimum atomic E-state index is -0.0104. The van der Waals surface area contributed by atoms with Crippen molar-refractivity contribution in [2.24, 2.45) is 5.92 Å². The largest absolute Gasteiger partial charge is 0.376 e. The Kier molecular flexibility index (Phi) is 7.05. The highest BCUT2D eigenvalue weighted by atomic mass is 79.9. The summed E-state index contributed by atoms with van der Waals surface area (Å²) >= 11 is 5.04. The lowest BCUT2D eigenvalue weighted by Gasteiger charge is -2.32. The molecule has 8 heteroatoms. The van der Waals surface area contributed by atoms with Crippen LogP contribution < -0.4 is 10.2 Å². The van der Waals surface area contributed by atoms with Crippen LogP contribution in [-0.2, 0) is 9.53 Å². The SMILES string of the molecule is O=C(NC[C@H]1CCCO1)[C@@H]1CCCN(c2ccc(Sc3ccc(Br)cc3)nn2)C1. The summed E-state index contributed by atoms with van der Waals surface area (Å²) in [5.41, 5.74) is 0. The van der Waals surface area contributed by atoms with Crippen molar-refractivity contribution in [2.45, 2.75) is 41.7 Å². The summed E-state index contributed by atoms with van der Waals surface area (Å²) in [4.78, 5) is 15.9. The number of rotatable bonds is 6. The first-order valence-electron chi connectivity index (χ1n) is 10.1. The molecule has 2 aliphatic heterocycles. The molecule has 0 aliphatic carbocycles. The topological polar surface area (TPSA) is 67.3 Å². The third-order valence-corrected chi connectivity index (χ3v) is 6.77. The summed E-state index contributed by atoms with van der Waals surface area (Å²) in [7, 11) is 0. The number of hydrogen-bond acceptors (Lipinski definition) is 6. The Hall–Kier alpha value is -1.64. The molecule has 0 bridgehead atoms. The highest BCUT2D eigenvalue weighted by Crippen LogP contribution is 2.28. The number of anilines is 1. The molecule has 29 heavy (non-hydrogen) atoms. The highest BCUT2D eigenvalue weighted by molar-refractivity contribution is 9.10. The van der Waals surface area contributed by atoms with Crippen LogP contribution >= 0.6 is 27.7 Å². The second-order valence-electron chi connectivity index (χ2n) is 7.45. The van der Waals surface area contributed by atoms with E-state index >= 15 is 0 Å². The number of carbonyl (C=O) groups excluding carboxylic acids is 1. The fourth-order valence-corrected chi connectivity index (χ4v) is 4.72. The number of amides is 1. The number of benzene rings is 1. The Labute approximate surface area is 183 Å². The lowest BCUT2D eigenvalue weighted by Crippen LogP contribution is -2.45. The molecule has 1 N–H and O–H groups in total. The van der Waals surface area contributed by atoms with Crippen LogP contribution in [0.25, 0.3) is 0 Å². The van der Waals surface area contributed by atoms with Gasteiger partial charge in [-0.1, -0.05) is 27.7 Å². The maximum atomic E-state index is 12.6. The molecule has 6 nitrogen and oxygen atoms in total. The van der Waals surface area contributed by atoms with E-state index in [4.69, 9.17) is 4.74 Å². The highest BCUT2D eigenvalue weighted by Gasteiger charge is 2.27. The molecule has 2 fully saturated rings. The van der Waals surface area contributed by atoms with Gasteiger partial charge in [0.25, 0.3) is 0 Å². The number of halogens is 1. The summed E-state index contributed by atoms with van der Waals surface area (Å²) in [5, 5.41) is 12.7. The van der Waals surface area contributed by atoms with Gasteiger partial charge in [-0.25, -0.2) is 0 Å². The van der Waals surface area contributed by atoms with Crippen LogP contribution in [0.15, 0.2) is 50.8 Å². The molecule has 0 radical (unpaired) electrons. The Morgan fingerprint density at radius 1 is 1.17 bits per heavy atom. The van der Waals surface area contributed by atoms with E-state index in [-0.39, 0.29) is 17.9 Å². The number of nitrogens with zero attached hydrogens (tertiary/aromatic N) is 3. The Bertz CT molecular complexity index is 812. The lowest BCUT2D eigenvalue weighted by molar-refractivity contribution is -0.125. The number of hydrogen-bond donors (Lipinski definition) is 1. The fraction of sp³-hybridized carbons (Fsp3) is 0.476. The van der Waals surface area contributed by atoms with Crippen molar-refractivity contribution >= 4 is 39.4 Å². The van der Waals surface area contributed by atoms with Gasteiger partial charge in [0.1, 0.15) is 5.03 Å². The number of piperidine rings is 1. The second kappa shape index (κ2) is 9.91. The minimum Gasteiger partial charge on any atom is -0.376 e. The maximum Gasteiger partial charge on any atom is 0.224 e. The van der Waals surface area contributed by atoms with E-state index in [0.29, 0.717) is 13.1 Å². The summed E-state index contributed by atoms with van der Waals surface area (Å²) in [6.45, 7) is 3.03. The first-order chi connectivity index (χ1) is 14.2. The molecule has 2 saturated heterocycles. The van der Waals surface area contributed by atoms with Crippen molar-refractivity contribution in [1.82, 2.24) is 15.5 Å². The van der Waals surface area contributed by atoms with Gasteiger partial charge in [0.05, 0.1) is 12.0 Å². The molecular formula is C21H25BrN4O2S. The molecule has 0 unspecified atom stereocenters. The molecule has 2 atom stereocenters. The van der Waals surface area contributed by atoms with Crippen LogP contribution in [0.3, 0.4) is 0 Å². The van der Waals surface area contributed by atoms with Crippen molar-refractivity contribution < 1.29 is 9.53 Å². The smallest absolute Gasteiger partial charge is 0.224 e. The van der Waals surface area contributed by atoms with E-state index in [1.807, 2.05) is 24.3 Å². The van der Waals surface area contributed by atoms with Crippen molar-refractivity contribution in [3.63, 3.8) is 0 Å². The van der Waals surface area contributed by atoms with Crippen molar-refractivity contribution in [1.29, 1.82) is 0 Å². The van der Waals surface area contributed by atoms with Gasteiger partial charge in [-0.3, -0.25) is 4.79 Å². The van der Waals surface area contributed by atoms with Crippen molar-refractivity contribution in [3.8, 4) is 0 Å². The molecule has 4 rings (SSSR count). The minimum absolute atomic E-state index is 0.0104. The zero-order valence-electron chi connectivity index (χ0n) is 16.2. The van der Waals surface area contributed by atoms with Gasteiger partial charge >= 0.3 is 0 Å². The van der Waals surface area contributed by atoms with Crippen LogP contribution in [0.1, 0.15) is 25.7 Å². The average molecular weight is 477 g/mol. The van der Waals surface area contributed by atoms with Gasteiger partial charge in [0, 0.05) is 35.6 Å². The molecule has 3 heterocycles. The van der Waals surface area contributed by atoms with Gasteiger partial charge in [-0.15, -0.1) is 10.2 Å². The first-order valence-corrected chi connectivity index (χ1v) is 11.7. The van der Waals surface area contributed by atoms with Crippen LogP contribution in [-0.4, -0.2) is 48.4 Å². The van der Waals surface area contributed by atoms with Crippen molar-refractivity contribution in [2.75, 3.05) is 31.1 Å². The molecule has 2 aromatic rings. The van der Waals surface area contributed by atoms with E-state index in [2.05, 4.69) is 48.5 Å². The van der Waals surface area contributed by atoms with E-state index in [9.17, 15) is 4.79 Å². The molecule has 1 aromatic carbocycles. The van der Waals surface area contributed by atoms with E-state index in [1.54, 1.807) is 11.8 Å². The maximum absolute atomic E-state index is 12.6. The molecular weight excluding hydrogens is 452 g/mol.